The van der Waals surface area contributed by atoms with E-state index in [1.807, 2.05) is 0 Å². The number of anilines is 1. The first-order valence-corrected chi connectivity index (χ1v) is 7.45. The summed E-state index contributed by atoms with van der Waals surface area (Å²) in [7, 11) is 4.15. The number of likely N-dealkylation sites (tertiary alicyclic amines) is 1. The van der Waals surface area contributed by atoms with Crippen LogP contribution in [0.25, 0.3) is 0 Å². The quantitative estimate of drug-likeness (QED) is 0.760. The smallest absolute Gasteiger partial charge is 0.0361 e. The molecule has 0 spiro atoms. The molecule has 0 amide bonds. The molecule has 0 aliphatic carbocycles. The molecule has 0 bridgehead atoms. The van der Waals surface area contributed by atoms with E-state index in [0.717, 1.165) is 13.1 Å². The third-order valence-electron chi connectivity index (χ3n) is 3.81. The molecule has 1 aromatic carbocycles. The SMILES string of the molecule is CN(C)c1ccc(CNCCCN2CCCC2)cc1. The molecule has 1 aliphatic heterocycles. The molecule has 3 heteroatoms. The standard InChI is InChI=1S/C16H27N3/c1-18(2)16-8-6-15(7-9-16)14-17-10-5-13-19-11-3-4-12-19/h6-9,17H,3-5,10-14H2,1-2H3. The molecule has 1 heterocycles. The van der Waals surface area contributed by atoms with E-state index in [-0.39, 0.29) is 0 Å². The summed E-state index contributed by atoms with van der Waals surface area (Å²) in [6, 6.07) is 8.79. The molecule has 0 atom stereocenters. The van der Waals surface area contributed by atoms with E-state index >= 15 is 0 Å². The van der Waals surface area contributed by atoms with Crippen molar-refractivity contribution in [3.63, 3.8) is 0 Å². The molecule has 106 valence electrons. The molecular weight excluding hydrogens is 234 g/mol. The normalized spacial score (nSPS) is 15.9. The summed E-state index contributed by atoms with van der Waals surface area (Å²) in [5.74, 6) is 0. The molecule has 1 N–H and O–H groups in total. The number of hydrogen-bond acceptors (Lipinski definition) is 3. The van der Waals surface area contributed by atoms with E-state index in [9.17, 15) is 0 Å². The fourth-order valence-corrected chi connectivity index (χ4v) is 2.58. The zero-order chi connectivity index (χ0) is 13.5. The van der Waals surface area contributed by atoms with Gasteiger partial charge in [0, 0.05) is 26.3 Å². The third kappa shape index (κ3) is 4.84. The molecule has 0 radical (unpaired) electrons. The van der Waals surface area contributed by atoms with Gasteiger partial charge in [-0.2, -0.15) is 0 Å². The molecule has 19 heavy (non-hydrogen) atoms. The predicted molar refractivity (Wildman–Crippen MR) is 82.8 cm³/mol. The lowest BCUT2D eigenvalue weighted by atomic mass is 10.2. The van der Waals surface area contributed by atoms with Crippen molar-refractivity contribution < 1.29 is 0 Å². The zero-order valence-electron chi connectivity index (χ0n) is 12.4. The molecule has 0 aromatic heterocycles. The topological polar surface area (TPSA) is 18.5 Å². The summed E-state index contributed by atoms with van der Waals surface area (Å²) < 4.78 is 0. The van der Waals surface area contributed by atoms with Crippen molar-refractivity contribution in [1.82, 2.24) is 10.2 Å². The molecule has 0 saturated carbocycles. The average Bonchev–Trinajstić information content (AvgIpc) is 2.92. The Morgan fingerprint density at radius 3 is 2.42 bits per heavy atom. The van der Waals surface area contributed by atoms with Crippen molar-refractivity contribution in [1.29, 1.82) is 0 Å². The number of benzene rings is 1. The van der Waals surface area contributed by atoms with Crippen LogP contribution in [0.1, 0.15) is 24.8 Å². The Kier molecular flexibility index (Phi) is 5.67. The van der Waals surface area contributed by atoms with E-state index in [2.05, 4.69) is 53.5 Å². The van der Waals surface area contributed by atoms with Crippen LogP contribution in [-0.4, -0.2) is 45.2 Å². The van der Waals surface area contributed by atoms with Crippen LogP contribution in [0.4, 0.5) is 5.69 Å². The van der Waals surface area contributed by atoms with Crippen LogP contribution in [0, 0.1) is 0 Å². The van der Waals surface area contributed by atoms with Crippen molar-refractivity contribution >= 4 is 5.69 Å². The lowest BCUT2D eigenvalue weighted by Crippen LogP contribution is -2.24. The third-order valence-corrected chi connectivity index (χ3v) is 3.81. The van der Waals surface area contributed by atoms with Gasteiger partial charge in [-0.15, -0.1) is 0 Å². The first-order valence-electron chi connectivity index (χ1n) is 7.45. The summed E-state index contributed by atoms with van der Waals surface area (Å²) in [5.41, 5.74) is 2.63. The Labute approximate surface area is 117 Å². The van der Waals surface area contributed by atoms with Crippen molar-refractivity contribution in [2.24, 2.45) is 0 Å². The monoisotopic (exact) mass is 261 g/mol. The first-order chi connectivity index (χ1) is 9.25. The van der Waals surface area contributed by atoms with Crippen molar-refractivity contribution in [3.05, 3.63) is 29.8 Å². The summed E-state index contributed by atoms with van der Waals surface area (Å²) >= 11 is 0. The number of hydrogen-bond donors (Lipinski definition) is 1. The second-order valence-corrected chi connectivity index (χ2v) is 5.64. The van der Waals surface area contributed by atoms with Crippen LogP contribution in [0.5, 0.6) is 0 Å². The van der Waals surface area contributed by atoms with Gasteiger partial charge in [0.2, 0.25) is 0 Å². The molecule has 2 rings (SSSR count). The number of nitrogens with one attached hydrogen (secondary N) is 1. The van der Waals surface area contributed by atoms with Gasteiger partial charge in [-0.3, -0.25) is 0 Å². The van der Waals surface area contributed by atoms with Crippen LogP contribution in [-0.2, 0) is 6.54 Å². The lowest BCUT2D eigenvalue weighted by Gasteiger charge is -2.15. The van der Waals surface area contributed by atoms with E-state index in [1.165, 1.54) is 50.1 Å². The van der Waals surface area contributed by atoms with Gasteiger partial charge in [-0.25, -0.2) is 0 Å². The van der Waals surface area contributed by atoms with E-state index < -0.39 is 0 Å². The summed E-state index contributed by atoms with van der Waals surface area (Å²) in [5, 5.41) is 3.53. The molecule has 1 aliphatic rings. The second-order valence-electron chi connectivity index (χ2n) is 5.64. The first kappa shape index (κ1) is 14.4. The number of nitrogens with zero attached hydrogens (tertiary/aromatic N) is 2. The summed E-state index contributed by atoms with van der Waals surface area (Å²) in [6.45, 7) is 5.98. The van der Waals surface area contributed by atoms with E-state index in [1.54, 1.807) is 0 Å². The largest absolute Gasteiger partial charge is 0.378 e. The molecule has 0 unspecified atom stereocenters. The maximum absolute atomic E-state index is 3.53. The van der Waals surface area contributed by atoms with Gasteiger partial charge >= 0.3 is 0 Å². The molecular formula is C16H27N3. The van der Waals surface area contributed by atoms with E-state index in [0.29, 0.717) is 0 Å². The Hall–Kier alpha value is -1.06. The van der Waals surface area contributed by atoms with Gasteiger partial charge in [0.1, 0.15) is 0 Å². The van der Waals surface area contributed by atoms with Crippen LogP contribution >= 0.6 is 0 Å². The highest BCUT2D eigenvalue weighted by Crippen LogP contribution is 2.12. The fourth-order valence-electron chi connectivity index (χ4n) is 2.58. The Morgan fingerprint density at radius 2 is 1.79 bits per heavy atom. The lowest BCUT2D eigenvalue weighted by molar-refractivity contribution is 0.331. The van der Waals surface area contributed by atoms with Gasteiger partial charge in [-0.1, -0.05) is 12.1 Å². The second kappa shape index (κ2) is 7.51. The van der Waals surface area contributed by atoms with Gasteiger partial charge < -0.3 is 15.1 Å². The maximum Gasteiger partial charge on any atom is 0.0361 e. The van der Waals surface area contributed by atoms with Crippen molar-refractivity contribution in [2.75, 3.05) is 45.2 Å². The Bertz CT molecular complexity index is 353. The van der Waals surface area contributed by atoms with Crippen molar-refractivity contribution in [3.8, 4) is 0 Å². The van der Waals surface area contributed by atoms with Gasteiger partial charge in [0.05, 0.1) is 0 Å². The zero-order valence-corrected chi connectivity index (χ0v) is 12.4. The minimum Gasteiger partial charge on any atom is -0.378 e. The highest BCUT2D eigenvalue weighted by Gasteiger charge is 2.09. The number of rotatable bonds is 7. The molecule has 1 aromatic rings. The highest BCUT2D eigenvalue weighted by atomic mass is 15.1. The summed E-state index contributed by atoms with van der Waals surface area (Å²) in [4.78, 5) is 4.71. The van der Waals surface area contributed by atoms with Gasteiger partial charge in [0.15, 0.2) is 0 Å². The van der Waals surface area contributed by atoms with Crippen molar-refractivity contribution in [2.45, 2.75) is 25.8 Å². The molecule has 1 saturated heterocycles. The average molecular weight is 261 g/mol. The van der Waals surface area contributed by atoms with Crippen LogP contribution in [0.3, 0.4) is 0 Å². The van der Waals surface area contributed by atoms with E-state index in [4.69, 9.17) is 0 Å². The predicted octanol–water partition coefficient (Wildman–Crippen LogP) is 2.33. The van der Waals surface area contributed by atoms with Gasteiger partial charge in [-0.05, 0) is 63.1 Å². The fraction of sp³-hybridized carbons (Fsp3) is 0.625. The van der Waals surface area contributed by atoms with Gasteiger partial charge in [0.25, 0.3) is 0 Å². The minimum atomic E-state index is 0.980. The molecule has 1 fully saturated rings. The van der Waals surface area contributed by atoms with Crippen LogP contribution < -0.4 is 10.2 Å². The molecule has 3 nitrogen and oxygen atoms in total. The summed E-state index contributed by atoms with van der Waals surface area (Å²) in [6.07, 6.45) is 4.05. The minimum absolute atomic E-state index is 0.980. The van der Waals surface area contributed by atoms with Crippen LogP contribution in [0.2, 0.25) is 0 Å². The highest BCUT2D eigenvalue weighted by molar-refractivity contribution is 5.45. The van der Waals surface area contributed by atoms with Crippen LogP contribution in [0.15, 0.2) is 24.3 Å². The Balaban J connectivity index is 1.59. The Morgan fingerprint density at radius 1 is 1.11 bits per heavy atom. The maximum atomic E-state index is 3.53.